The first-order valence-electron chi connectivity index (χ1n) is 10.4. The third-order valence-electron chi connectivity index (χ3n) is 5.25. The zero-order valence-corrected chi connectivity index (χ0v) is 19.5. The molecule has 3 N–H and O–H groups in total. The summed E-state index contributed by atoms with van der Waals surface area (Å²) in [5, 5.41) is 22.4. The molecule has 6 nitrogen and oxygen atoms in total. The maximum absolute atomic E-state index is 9.10. The molecule has 0 aliphatic carbocycles. The van der Waals surface area contributed by atoms with E-state index in [1.165, 1.54) is 27.4 Å². The number of carbonyl (C=O) groups is 2. The molecular formula is C25H24Cl2N2O4. The minimum Gasteiger partial charge on any atom is -0.473 e. The van der Waals surface area contributed by atoms with E-state index in [-0.39, 0.29) is 0 Å². The molecule has 4 aromatic rings. The average molecular weight is 487 g/mol. The number of rotatable bonds is 6. The first-order chi connectivity index (χ1) is 15.8. The molecule has 0 atom stereocenters. The molecule has 3 aromatic carbocycles. The Morgan fingerprint density at radius 1 is 0.909 bits per heavy atom. The zero-order valence-electron chi connectivity index (χ0n) is 18.0. The number of hydrogen-bond acceptors (Lipinski definition) is 3. The highest BCUT2D eigenvalue weighted by Gasteiger charge is 2.09. The summed E-state index contributed by atoms with van der Waals surface area (Å²) in [5.74, 6) is -3.65. The van der Waals surface area contributed by atoms with Crippen molar-refractivity contribution in [3.05, 3.63) is 81.8 Å². The Labute approximate surface area is 201 Å². The molecular weight excluding hydrogens is 463 g/mol. The number of carboxylic acid groups (broad SMARTS) is 2. The molecule has 0 aliphatic rings. The van der Waals surface area contributed by atoms with Crippen molar-refractivity contribution in [2.45, 2.75) is 26.4 Å². The fourth-order valence-corrected chi connectivity index (χ4v) is 4.23. The van der Waals surface area contributed by atoms with Crippen LogP contribution >= 0.6 is 23.2 Å². The Morgan fingerprint density at radius 3 is 2.27 bits per heavy atom. The van der Waals surface area contributed by atoms with Gasteiger partial charge in [0.1, 0.15) is 0 Å². The summed E-state index contributed by atoms with van der Waals surface area (Å²) < 4.78 is 2.38. The predicted octanol–water partition coefficient (Wildman–Crippen LogP) is 5.61. The van der Waals surface area contributed by atoms with Gasteiger partial charge in [-0.2, -0.15) is 0 Å². The molecule has 0 saturated carbocycles. The van der Waals surface area contributed by atoms with Crippen molar-refractivity contribution in [2.75, 3.05) is 6.54 Å². The number of aromatic nitrogens is 1. The molecule has 4 rings (SSSR count). The van der Waals surface area contributed by atoms with E-state index < -0.39 is 11.9 Å². The Balaban J connectivity index is 0.000000454. The zero-order chi connectivity index (χ0) is 24.0. The summed E-state index contributed by atoms with van der Waals surface area (Å²) in [6, 6.07) is 21.1. The quantitative estimate of drug-likeness (QED) is 0.243. The van der Waals surface area contributed by atoms with Crippen LogP contribution in [0, 0.1) is 0 Å². The van der Waals surface area contributed by atoms with Gasteiger partial charge in [0.2, 0.25) is 0 Å². The molecule has 172 valence electrons. The van der Waals surface area contributed by atoms with Crippen LogP contribution in [0.3, 0.4) is 0 Å². The summed E-state index contributed by atoms with van der Waals surface area (Å²) in [4.78, 5) is 18.2. The van der Waals surface area contributed by atoms with Crippen molar-refractivity contribution in [1.29, 1.82) is 0 Å². The second-order valence-electron chi connectivity index (χ2n) is 7.39. The van der Waals surface area contributed by atoms with Gasteiger partial charge in [0.05, 0.1) is 0 Å². The van der Waals surface area contributed by atoms with Crippen LogP contribution in [-0.2, 0) is 29.1 Å². The lowest BCUT2D eigenvalue weighted by Gasteiger charge is -2.08. The van der Waals surface area contributed by atoms with E-state index in [1.807, 2.05) is 12.1 Å². The minimum atomic E-state index is -1.82. The van der Waals surface area contributed by atoms with Crippen molar-refractivity contribution < 1.29 is 19.8 Å². The molecule has 0 amide bonds. The monoisotopic (exact) mass is 486 g/mol. The number of hydrogen-bond donors (Lipinski definition) is 3. The van der Waals surface area contributed by atoms with Crippen molar-refractivity contribution in [3.63, 3.8) is 0 Å². The van der Waals surface area contributed by atoms with Crippen LogP contribution in [0.25, 0.3) is 21.8 Å². The predicted molar refractivity (Wildman–Crippen MR) is 132 cm³/mol. The van der Waals surface area contributed by atoms with Crippen LogP contribution in [0.15, 0.2) is 60.7 Å². The Bertz CT molecular complexity index is 1290. The van der Waals surface area contributed by atoms with Crippen molar-refractivity contribution in [3.8, 4) is 0 Å². The molecule has 1 heterocycles. The highest BCUT2D eigenvalue weighted by atomic mass is 35.5. The average Bonchev–Trinajstić information content (AvgIpc) is 3.11. The second-order valence-corrected chi connectivity index (χ2v) is 8.23. The Hall–Kier alpha value is -3.06. The standard InChI is InChI=1S/C23H22Cl2N2.C2H2O4/c1-2-27-22-6-4-3-5-19(22)20-13-16(7-10-23(20)27)15-26-12-11-17-8-9-18(24)14-21(17)25;3-1(4)2(5)6/h3-10,13-14,26H,2,11-12,15H2,1H3;(H,3,4)(H,5,6). The van der Waals surface area contributed by atoms with E-state index in [2.05, 4.69) is 59.3 Å². The van der Waals surface area contributed by atoms with Crippen molar-refractivity contribution in [1.82, 2.24) is 9.88 Å². The fraction of sp³-hybridized carbons (Fsp3) is 0.200. The van der Waals surface area contributed by atoms with E-state index in [1.54, 1.807) is 6.07 Å². The largest absolute Gasteiger partial charge is 0.473 e. The van der Waals surface area contributed by atoms with Crippen LogP contribution in [0.5, 0.6) is 0 Å². The van der Waals surface area contributed by atoms with Gasteiger partial charge in [-0.05, 0) is 61.3 Å². The number of aryl methyl sites for hydroxylation is 1. The summed E-state index contributed by atoms with van der Waals surface area (Å²) in [5.41, 5.74) is 5.02. The Kier molecular flexibility index (Phi) is 8.33. The summed E-state index contributed by atoms with van der Waals surface area (Å²) in [6.45, 7) is 4.88. The number of benzene rings is 3. The number of carboxylic acids is 2. The van der Waals surface area contributed by atoms with E-state index in [0.717, 1.165) is 36.6 Å². The number of fused-ring (bicyclic) bond motifs is 3. The highest BCUT2D eigenvalue weighted by Crippen LogP contribution is 2.29. The second kappa shape index (κ2) is 11.2. The third kappa shape index (κ3) is 6.05. The number of nitrogens with zero attached hydrogens (tertiary/aromatic N) is 1. The van der Waals surface area contributed by atoms with Gasteiger partial charge >= 0.3 is 11.9 Å². The molecule has 0 saturated heterocycles. The van der Waals surface area contributed by atoms with E-state index in [4.69, 9.17) is 43.0 Å². The number of para-hydroxylation sites is 1. The minimum absolute atomic E-state index is 0.677. The van der Waals surface area contributed by atoms with Crippen molar-refractivity contribution >= 4 is 56.9 Å². The lowest BCUT2D eigenvalue weighted by molar-refractivity contribution is -0.159. The molecule has 1 aromatic heterocycles. The van der Waals surface area contributed by atoms with E-state index >= 15 is 0 Å². The van der Waals surface area contributed by atoms with Gasteiger partial charge in [-0.1, -0.05) is 53.5 Å². The normalized spacial score (nSPS) is 10.8. The van der Waals surface area contributed by atoms with Crippen molar-refractivity contribution in [2.24, 2.45) is 0 Å². The summed E-state index contributed by atoms with van der Waals surface area (Å²) in [7, 11) is 0. The third-order valence-corrected chi connectivity index (χ3v) is 5.84. The van der Waals surface area contributed by atoms with Crippen LogP contribution in [0.1, 0.15) is 18.1 Å². The maximum atomic E-state index is 9.10. The van der Waals surface area contributed by atoms with Gasteiger partial charge < -0.3 is 20.1 Å². The molecule has 33 heavy (non-hydrogen) atoms. The Morgan fingerprint density at radius 2 is 1.61 bits per heavy atom. The lowest BCUT2D eigenvalue weighted by atomic mass is 10.1. The molecule has 0 unspecified atom stereocenters. The number of nitrogens with one attached hydrogen (secondary N) is 1. The molecule has 0 bridgehead atoms. The van der Waals surface area contributed by atoms with Gasteiger partial charge in [0, 0.05) is 44.9 Å². The first-order valence-corrected chi connectivity index (χ1v) is 11.2. The molecule has 8 heteroatoms. The van der Waals surface area contributed by atoms with Gasteiger partial charge in [-0.25, -0.2) is 9.59 Å². The number of aliphatic carboxylic acids is 2. The first kappa shape index (κ1) is 24.6. The fourth-order valence-electron chi connectivity index (χ4n) is 3.73. The van der Waals surface area contributed by atoms with Crippen LogP contribution in [-0.4, -0.2) is 33.3 Å². The van der Waals surface area contributed by atoms with Crippen LogP contribution in [0.2, 0.25) is 10.0 Å². The van der Waals surface area contributed by atoms with Gasteiger partial charge in [-0.15, -0.1) is 0 Å². The number of halogens is 2. The van der Waals surface area contributed by atoms with Gasteiger partial charge in [-0.3, -0.25) is 0 Å². The topological polar surface area (TPSA) is 91.6 Å². The SMILES string of the molecule is CCn1c2ccccc2c2cc(CNCCc3ccc(Cl)cc3Cl)ccc21.O=C(O)C(=O)O. The highest BCUT2D eigenvalue weighted by molar-refractivity contribution is 6.35. The van der Waals surface area contributed by atoms with E-state index in [9.17, 15) is 0 Å². The van der Waals surface area contributed by atoms with Crippen LogP contribution in [0.4, 0.5) is 0 Å². The smallest absolute Gasteiger partial charge is 0.414 e. The molecule has 0 spiro atoms. The van der Waals surface area contributed by atoms with Gasteiger partial charge in [0.15, 0.2) is 0 Å². The molecule has 0 aliphatic heterocycles. The molecule has 0 fully saturated rings. The summed E-state index contributed by atoms with van der Waals surface area (Å²) in [6.07, 6.45) is 0.882. The lowest BCUT2D eigenvalue weighted by Crippen LogP contribution is -2.16. The summed E-state index contributed by atoms with van der Waals surface area (Å²) >= 11 is 12.2. The van der Waals surface area contributed by atoms with Crippen LogP contribution < -0.4 is 5.32 Å². The maximum Gasteiger partial charge on any atom is 0.414 e. The van der Waals surface area contributed by atoms with Gasteiger partial charge in [0.25, 0.3) is 0 Å². The van der Waals surface area contributed by atoms with E-state index in [0.29, 0.717) is 5.02 Å². The molecule has 0 radical (unpaired) electrons.